The van der Waals surface area contributed by atoms with Gasteiger partial charge in [0.05, 0.1) is 7.11 Å². The number of carbonyl (C=O) groups excluding carboxylic acids is 1. The second-order valence-electron chi connectivity index (χ2n) is 5.14. The Balaban J connectivity index is 1.58. The minimum Gasteiger partial charge on any atom is -0.497 e. The molecule has 3 rings (SSSR count). The summed E-state index contributed by atoms with van der Waals surface area (Å²) in [6, 6.07) is 15.5. The minimum atomic E-state index is -0.0835. The summed E-state index contributed by atoms with van der Waals surface area (Å²) in [6.45, 7) is 0.599. The second-order valence-corrected chi connectivity index (χ2v) is 5.14. The summed E-state index contributed by atoms with van der Waals surface area (Å²) in [7, 11) is 1.59. The standard InChI is InChI=1S/C18H18N2O2/c1-22-16-4-2-3-15(12-16)18(21)20-9-7-13-5-6-14-8-10-19-17(14)11-13/h2-6,8,10-12,19H,7,9H2,1H3,(H,20,21). The number of fused-ring (bicyclic) bond motifs is 1. The molecule has 22 heavy (non-hydrogen) atoms. The molecule has 0 saturated carbocycles. The molecule has 112 valence electrons. The summed E-state index contributed by atoms with van der Waals surface area (Å²) >= 11 is 0. The van der Waals surface area contributed by atoms with Crippen molar-refractivity contribution in [2.24, 2.45) is 0 Å². The molecule has 0 fully saturated rings. The average molecular weight is 294 g/mol. The zero-order valence-electron chi connectivity index (χ0n) is 12.4. The monoisotopic (exact) mass is 294 g/mol. The first-order valence-electron chi connectivity index (χ1n) is 7.24. The summed E-state index contributed by atoms with van der Waals surface area (Å²) in [5.74, 6) is 0.602. The summed E-state index contributed by atoms with van der Waals surface area (Å²) in [4.78, 5) is 15.3. The van der Waals surface area contributed by atoms with Crippen LogP contribution in [0.1, 0.15) is 15.9 Å². The molecule has 3 aromatic rings. The van der Waals surface area contributed by atoms with Crippen molar-refractivity contribution in [2.75, 3.05) is 13.7 Å². The molecule has 0 radical (unpaired) electrons. The van der Waals surface area contributed by atoms with Gasteiger partial charge in [-0.15, -0.1) is 0 Å². The summed E-state index contributed by atoms with van der Waals surface area (Å²) in [5, 5.41) is 4.13. The van der Waals surface area contributed by atoms with Gasteiger partial charge in [0.1, 0.15) is 5.75 Å². The van der Waals surface area contributed by atoms with Gasteiger partial charge in [0, 0.05) is 23.8 Å². The van der Waals surface area contributed by atoms with Gasteiger partial charge in [-0.25, -0.2) is 0 Å². The Morgan fingerprint density at radius 2 is 2.09 bits per heavy atom. The third-order valence-electron chi connectivity index (χ3n) is 3.65. The molecular formula is C18H18N2O2. The van der Waals surface area contributed by atoms with E-state index in [1.165, 1.54) is 10.9 Å². The van der Waals surface area contributed by atoms with Gasteiger partial charge in [-0.1, -0.05) is 18.2 Å². The molecule has 4 nitrogen and oxygen atoms in total. The highest BCUT2D eigenvalue weighted by molar-refractivity contribution is 5.94. The number of benzene rings is 2. The first-order chi connectivity index (χ1) is 10.8. The highest BCUT2D eigenvalue weighted by atomic mass is 16.5. The summed E-state index contributed by atoms with van der Waals surface area (Å²) in [5.41, 5.74) is 2.93. The fraction of sp³-hybridized carbons (Fsp3) is 0.167. The van der Waals surface area contributed by atoms with Crippen LogP contribution >= 0.6 is 0 Å². The Hall–Kier alpha value is -2.75. The maximum atomic E-state index is 12.1. The number of ether oxygens (including phenoxy) is 1. The van der Waals surface area contributed by atoms with Crippen LogP contribution in [0.25, 0.3) is 10.9 Å². The molecule has 0 saturated heterocycles. The molecule has 4 heteroatoms. The number of aromatic amines is 1. The number of H-pyrrole nitrogens is 1. The molecule has 0 spiro atoms. The fourth-order valence-electron chi connectivity index (χ4n) is 2.44. The molecule has 0 aliphatic carbocycles. The van der Waals surface area contributed by atoms with Crippen molar-refractivity contribution in [3.63, 3.8) is 0 Å². The quantitative estimate of drug-likeness (QED) is 0.759. The topological polar surface area (TPSA) is 54.1 Å². The van der Waals surface area contributed by atoms with Crippen molar-refractivity contribution in [2.45, 2.75) is 6.42 Å². The lowest BCUT2D eigenvalue weighted by Crippen LogP contribution is -2.25. The molecule has 1 heterocycles. The molecule has 2 N–H and O–H groups in total. The van der Waals surface area contributed by atoms with Crippen LogP contribution in [0.2, 0.25) is 0 Å². The lowest BCUT2D eigenvalue weighted by Gasteiger charge is -2.07. The van der Waals surface area contributed by atoms with Crippen molar-refractivity contribution in [3.05, 3.63) is 65.9 Å². The highest BCUT2D eigenvalue weighted by Crippen LogP contribution is 2.15. The van der Waals surface area contributed by atoms with Gasteiger partial charge in [-0.05, 0) is 47.7 Å². The van der Waals surface area contributed by atoms with Crippen LogP contribution in [-0.4, -0.2) is 24.5 Å². The van der Waals surface area contributed by atoms with Gasteiger partial charge in [-0.2, -0.15) is 0 Å². The number of hydrogen-bond acceptors (Lipinski definition) is 2. The van der Waals surface area contributed by atoms with E-state index >= 15 is 0 Å². The summed E-state index contributed by atoms with van der Waals surface area (Å²) < 4.78 is 5.13. The Bertz CT molecular complexity index is 792. The number of aromatic nitrogens is 1. The Morgan fingerprint density at radius 1 is 1.18 bits per heavy atom. The first-order valence-corrected chi connectivity index (χ1v) is 7.24. The zero-order valence-corrected chi connectivity index (χ0v) is 12.4. The van der Waals surface area contributed by atoms with Crippen molar-refractivity contribution in [3.8, 4) is 5.75 Å². The number of nitrogens with one attached hydrogen (secondary N) is 2. The van der Waals surface area contributed by atoms with Crippen molar-refractivity contribution < 1.29 is 9.53 Å². The van der Waals surface area contributed by atoms with E-state index in [1.54, 1.807) is 19.2 Å². The highest BCUT2D eigenvalue weighted by Gasteiger charge is 2.06. The van der Waals surface area contributed by atoms with Crippen LogP contribution in [-0.2, 0) is 6.42 Å². The predicted molar refractivity (Wildman–Crippen MR) is 87.3 cm³/mol. The first kappa shape index (κ1) is 14.2. The van der Waals surface area contributed by atoms with E-state index in [9.17, 15) is 4.79 Å². The van der Waals surface area contributed by atoms with Crippen LogP contribution in [0.4, 0.5) is 0 Å². The molecule has 1 aromatic heterocycles. The van der Waals surface area contributed by atoms with Gasteiger partial charge in [0.2, 0.25) is 0 Å². The van der Waals surface area contributed by atoms with Gasteiger partial charge in [0.15, 0.2) is 0 Å². The van der Waals surface area contributed by atoms with Gasteiger partial charge in [-0.3, -0.25) is 4.79 Å². The molecule has 2 aromatic carbocycles. The van der Waals surface area contributed by atoms with Crippen LogP contribution in [0.5, 0.6) is 5.75 Å². The number of carbonyl (C=O) groups is 1. The predicted octanol–water partition coefficient (Wildman–Crippen LogP) is 3.15. The van der Waals surface area contributed by atoms with Crippen molar-refractivity contribution >= 4 is 16.8 Å². The zero-order chi connectivity index (χ0) is 15.4. The van der Waals surface area contributed by atoms with Crippen LogP contribution in [0.15, 0.2) is 54.7 Å². The van der Waals surface area contributed by atoms with Gasteiger partial charge >= 0.3 is 0 Å². The van der Waals surface area contributed by atoms with E-state index < -0.39 is 0 Å². The molecule has 0 aliphatic rings. The maximum Gasteiger partial charge on any atom is 0.251 e. The maximum absolute atomic E-state index is 12.1. The van der Waals surface area contributed by atoms with Crippen LogP contribution < -0.4 is 10.1 Å². The van der Waals surface area contributed by atoms with Crippen LogP contribution in [0, 0.1) is 0 Å². The lowest BCUT2D eigenvalue weighted by atomic mass is 10.1. The largest absolute Gasteiger partial charge is 0.497 e. The van der Waals surface area contributed by atoms with Crippen molar-refractivity contribution in [1.29, 1.82) is 0 Å². The molecular weight excluding hydrogens is 276 g/mol. The average Bonchev–Trinajstić information content (AvgIpc) is 3.02. The summed E-state index contributed by atoms with van der Waals surface area (Å²) in [6.07, 6.45) is 2.73. The molecule has 1 amide bonds. The van der Waals surface area contributed by atoms with E-state index in [1.807, 2.05) is 24.4 Å². The number of hydrogen-bond donors (Lipinski definition) is 2. The van der Waals surface area contributed by atoms with E-state index in [2.05, 4.69) is 28.5 Å². The fourth-order valence-corrected chi connectivity index (χ4v) is 2.44. The van der Waals surface area contributed by atoms with E-state index in [4.69, 9.17) is 4.74 Å². The minimum absolute atomic E-state index is 0.0835. The van der Waals surface area contributed by atoms with E-state index in [0.717, 1.165) is 11.9 Å². The van der Waals surface area contributed by atoms with Gasteiger partial charge in [0.25, 0.3) is 5.91 Å². The Morgan fingerprint density at radius 3 is 2.95 bits per heavy atom. The number of rotatable bonds is 5. The van der Waals surface area contributed by atoms with E-state index in [0.29, 0.717) is 17.9 Å². The lowest BCUT2D eigenvalue weighted by molar-refractivity contribution is 0.0954. The molecule has 0 atom stereocenters. The number of amides is 1. The Labute approximate surface area is 129 Å². The molecule has 0 aliphatic heterocycles. The van der Waals surface area contributed by atoms with Crippen molar-refractivity contribution in [1.82, 2.24) is 10.3 Å². The second kappa shape index (κ2) is 6.35. The van der Waals surface area contributed by atoms with Gasteiger partial charge < -0.3 is 15.0 Å². The SMILES string of the molecule is COc1cccc(C(=O)NCCc2ccc3cc[nH]c3c2)c1. The van der Waals surface area contributed by atoms with E-state index in [-0.39, 0.29) is 5.91 Å². The third kappa shape index (κ3) is 3.11. The smallest absolute Gasteiger partial charge is 0.251 e. The molecule has 0 bridgehead atoms. The molecule has 0 unspecified atom stereocenters. The van der Waals surface area contributed by atoms with Crippen LogP contribution in [0.3, 0.4) is 0 Å². The number of methoxy groups -OCH3 is 1. The third-order valence-corrected chi connectivity index (χ3v) is 3.65. The Kier molecular flexibility index (Phi) is 4.10. The normalized spacial score (nSPS) is 10.6.